The average Bonchev–Trinajstić information content (AvgIpc) is 3.52. The van der Waals surface area contributed by atoms with Crippen molar-refractivity contribution in [3.8, 4) is 22.5 Å². The molecule has 0 saturated carbocycles. The molecule has 9 nitrogen and oxygen atoms in total. The number of hydrogen-bond acceptors (Lipinski definition) is 6. The van der Waals surface area contributed by atoms with Gasteiger partial charge in [-0.05, 0) is 25.3 Å². The summed E-state index contributed by atoms with van der Waals surface area (Å²) in [6, 6.07) is 2.32. The van der Waals surface area contributed by atoms with Crippen LogP contribution in [0.1, 0.15) is 39.2 Å². The lowest BCUT2D eigenvalue weighted by molar-refractivity contribution is 0.0838. The lowest BCUT2D eigenvalue weighted by Crippen LogP contribution is -2.15. The minimum atomic E-state index is -0.741. The Morgan fingerprint density at radius 1 is 1.00 bits per heavy atom. The van der Waals surface area contributed by atoms with E-state index in [1.165, 1.54) is 0 Å². The van der Waals surface area contributed by atoms with Crippen molar-refractivity contribution in [1.82, 2.24) is 34.2 Å². The van der Waals surface area contributed by atoms with Crippen molar-refractivity contribution >= 4 is 5.52 Å². The normalized spacial score (nSPS) is 12.8. The Balaban J connectivity index is 1.68. The molecule has 0 saturated heterocycles. The highest BCUT2D eigenvalue weighted by atomic mass is 16.3. The topological polar surface area (TPSA) is 106 Å². The van der Waals surface area contributed by atoms with Gasteiger partial charge < -0.3 is 10.2 Å². The Morgan fingerprint density at radius 2 is 1.80 bits per heavy atom. The fourth-order valence-electron chi connectivity index (χ4n) is 3.59. The monoisotopic (exact) mass is 409 g/mol. The van der Waals surface area contributed by atoms with Gasteiger partial charge in [-0.2, -0.15) is 15.3 Å². The number of aryl methyl sites for hydroxylation is 1. The van der Waals surface area contributed by atoms with Crippen LogP contribution in [-0.2, 0) is 6.54 Å². The number of rotatable bonds is 9. The molecular formula is C21H27N7O2. The summed E-state index contributed by atoms with van der Waals surface area (Å²) in [5.41, 5.74) is 4.31. The van der Waals surface area contributed by atoms with Crippen LogP contribution in [0.15, 0.2) is 43.2 Å². The molecule has 0 bridgehead atoms. The molecule has 0 radical (unpaired) electrons. The Labute approximate surface area is 174 Å². The van der Waals surface area contributed by atoms with Crippen molar-refractivity contribution in [1.29, 1.82) is 0 Å². The molecule has 4 heterocycles. The molecule has 4 aromatic rings. The molecule has 0 aliphatic rings. The summed E-state index contributed by atoms with van der Waals surface area (Å²) in [6.07, 6.45) is 12.9. The summed E-state index contributed by atoms with van der Waals surface area (Å²) < 4.78 is 5.58. The van der Waals surface area contributed by atoms with Gasteiger partial charge in [0.05, 0.1) is 60.4 Å². The number of aliphatic hydroxyl groups excluding tert-OH is 2. The molecule has 4 aromatic heterocycles. The molecule has 0 aliphatic carbocycles. The van der Waals surface area contributed by atoms with Gasteiger partial charge in [-0.1, -0.05) is 13.8 Å². The number of nitrogens with zero attached hydrogens (tertiary/aromatic N) is 7. The Morgan fingerprint density at radius 3 is 2.57 bits per heavy atom. The maximum atomic E-state index is 9.55. The maximum Gasteiger partial charge on any atom is 0.0999 e. The molecule has 2 N–H and O–H groups in total. The molecule has 0 aromatic carbocycles. The van der Waals surface area contributed by atoms with Gasteiger partial charge in [-0.15, -0.1) is 0 Å². The highest BCUT2D eigenvalue weighted by Gasteiger charge is 2.15. The third kappa shape index (κ3) is 3.99. The molecule has 1 atom stereocenters. The summed E-state index contributed by atoms with van der Waals surface area (Å²) in [7, 11) is 0. The third-order valence-electron chi connectivity index (χ3n) is 5.41. The largest absolute Gasteiger partial charge is 0.394 e. The zero-order valence-corrected chi connectivity index (χ0v) is 17.3. The van der Waals surface area contributed by atoms with Crippen LogP contribution in [0.2, 0.25) is 0 Å². The van der Waals surface area contributed by atoms with Crippen LogP contribution < -0.4 is 0 Å². The van der Waals surface area contributed by atoms with Gasteiger partial charge >= 0.3 is 0 Å². The molecule has 0 unspecified atom stereocenters. The summed E-state index contributed by atoms with van der Waals surface area (Å²) in [6.45, 7) is 4.60. The number of aliphatic hydroxyl groups is 2. The fraction of sp³-hybridized carbons (Fsp3) is 0.429. The Hall–Kier alpha value is -3.04. The van der Waals surface area contributed by atoms with E-state index in [0.717, 1.165) is 40.9 Å². The molecule has 30 heavy (non-hydrogen) atoms. The van der Waals surface area contributed by atoms with Crippen molar-refractivity contribution in [3.63, 3.8) is 0 Å². The summed E-state index contributed by atoms with van der Waals surface area (Å²) in [4.78, 5) is 4.91. The van der Waals surface area contributed by atoms with E-state index in [-0.39, 0.29) is 6.61 Å². The second-order valence-corrected chi connectivity index (χ2v) is 7.43. The minimum Gasteiger partial charge on any atom is -0.394 e. The molecule has 9 heteroatoms. The van der Waals surface area contributed by atoms with E-state index < -0.39 is 6.10 Å². The van der Waals surface area contributed by atoms with Gasteiger partial charge in [0.1, 0.15) is 0 Å². The second kappa shape index (κ2) is 8.76. The van der Waals surface area contributed by atoms with Crippen LogP contribution in [0.5, 0.6) is 0 Å². The standard InChI is InChI=1S/C21H27N7O2/c1-3-17(4-2)27-12-16(10-24-27)21-20-5-7-22-28(20)13-19(25-21)15-9-23-26(11-15)8-6-18(30)14-29/h5,7,9-13,17-18,29-30H,3-4,6,8,14H2,1-2H3/t18-/m0/s1. The molecule has 0 amide bonds. The first-order valence-electron chi connectivity index (χ1n) is 10.3. The lowest BCUT2D eigenvalue weighted by atomic mass is 10.1. The quantitative estimate of drug-likeness (QED) is 0.440. The van der Waals surface area contributed by atoms with E-state index >= 15 is 0 Å². The average molecular weight is 409 g/mol. The van der Waals surface area contributed by atoms with E-state index in [4.69, 9.17) is 10.1 Å². The van der Waals surface area contributed by atoms with Gasteiger partial charge in [-0.3, -0.25) is 9.36 Å². The predicted octanol–water partition coefficient (Wildman–Crippen LogP) is 2.56. The summed E-state index contributed by atoms with van der Waals surface area (Å²) >= 11 is 0. The van der Waals surface area contributed by atoms with Crippen LogP contribution in [0.3, 0.4) is 0 Å². The van der Waals surface area contributed by atoms with E-state index in [1.807, 2.05) is 33.9 Å². The van der Waals surface area contributed by atoms with Crippen LogP contribution >= 0.6 is 0 Å². The second-order valence-electron chi connectivity index (χ2n) is 7.43. The van der Waals surface area contributed by atoms with E-state index in [1.54, 1.807) is 17.1 Å². The Bertz CT molecular complexity index is 1110. The predicted molar refractivity (Wildman–Crippen MR) is 113 cm³/mol. The first kappa shape index (κ1) is 20.2. The zero-order valence-electron chi connectivity index (χ0n) is 17.3. The minimum absolute atomic E-state index is 0.250. The first-order valence-corrected chi connectivity index (χ1v) is 10.3. The SMILES string of the molecule is CCC(CC)n1cc(-c2nc(-c3cnn(CC[C@H](O)CO)c3)cn3nccc23)cn1. The van der Waals surface area contributed by atoms with Crippen LogP contribution in [0.4, 0.5) is 0 Å². The molecule has 158 valence electrons. The smallest absolute Gasteiger partial charge is 0.0999 e. The van der Waals surface area contributed by atoms with Crippen LogP contribution in [0.25, 0.3) is 28.0 Å². The van der Waals surface area contributed by atoms with E-state index in [2.05, 4.69) is 35.3 Å². The van der Waals surface area contributed by atoms with Gasteiger partial charge in [0.2, 0.25) is 0 Å². The molecular weight excluding hydrogens is 382 g/mol. The van der Waals surface area contributed by atoms with Gasteiger partial charge in [0.15, 0.2) is 0 Å². The number of fused-ring (bicyclic) bond motifs is 1. The third-order valence-corrected chi connectivity index (χ3v) is 5.41. The molecule has 0 fully saturated rings. The van der Waals surface area contributed by atoms with E-state index in [0.29, 0.717) is 19.0 Å². The molecule has 0 aliphatic heterocycles. The van der Waals surface area contributed by atoms with Crippen molar-refractivity contribution < 1.29 is 10.2 Å². The van der Waals surface area contributed by atoms with Crippen LogP contribution in [0, 0.1) is 0 Å². The number of hydrogen-bond donors (Lipinski definition) is 2. The van der Waals surface area contributed by atoms with E-state index in [9.17, 15) is 5.11 Å². The molecule has 4 rings (SSSR count). The first-order chi connectivity index (χ1) is 14.6. The molecule has 0 spiro atoms. The van der Waals surface area contributed by atoms with Crippen molar-refractivity contribution in [3.05, 3.63) is 43.2 Å². The Kier molecular flexibility index (Phi) is 5.91. The highest BCUT2D eigenvalue weighted by Crippen LogP contribution is 2.27. The van der Waals surface area contributed by atoms with Gasteiger partial charge in [0, 0.05) is 30.1 Å². The summed E-state index contributed by atoms with van der Waals surface area (Å²) in [5.74, 6) is 0. The maximum absolute atomic E-state index is 9.55. The van der Waals surface area contributed by atoms with Crippen molar-refractivity contribution in [2.45, 2.75) is 51.8 Å². The lowest BCUT2D eigenvalue weighted by Gasteiger charge is -2.12. The van der Waals surface area contributed by atoms with Gasteiger partial charge in [-0.25, -0.2) is 9.50 Å². The van der Waals surface area contributed by atoms with Crippen LogP contribution in [-0.4, -0.2) is 57.1 Å². The number of aromatic nitrogens is 7. The summed E-state index contributed by atoms with van der Waals surface area (Å²) in [5, 5.41) is 31.9. The highest BCUT2D eigenvalue weighted by molar-refractivity contribution is 5.78. The zero-order chi connectivity index (χ0) is 21.1. The van der Waals surface area contributed by atoms with Gasteiger partial charge in [0.25, 0.3) is 0 Å². The van der Waals surface area contributed by atoms with Crippen molar-refractivity contribution in [2.24, 2.45) is 0 Å². The fourth-order valence-corrected chi connectivity index (χ4v) is 3.59. The van der Waals surface area contributed by atoms with Crippen molar-refractivity contribution in [2.75, 3.05) is 6.61 Å².